The minimum absolute atomic E-state index is 0.0275. The van der Waals surface area contributed by atoms with Crippen LogP contribution in [0.15, 0.2) is 22.7 Å². The number of halogens is 3. The molecule has 0 aromatic heterocycles. The van der Waals surface area contributed by atoms with Crippen LogP contribution in [0.4, 0.5) is 8.78 Å². The number of hydrogen-bond donors (Lipinski definition) is 0. The summed E-state index contributed by atoms with van der Waals surface area (Å²) >= 11 is 3.14. The summed E-state index contributed by atoms with van der Waals surface area (Å²) < 4.78 is 29.9. The van der Waals surface area contributed by atoms with Crippen molar-refractivity contribution >= 4 is 21.7 Å². The number of carbonyl (C=O) groups excluding carboxylic acids is 1. The van der Waals surface area contributed by atoms with Crippen molar-refractivity contribution in [3.05, 3.63) is 28.2 Å². The highest BCUT2D eigenvalue weighted by Gasteiger charge is 2.18. The number of Topliss-reactive ketones (excluding diaryl/α,β-unsaturated/α-hetero) is 1. The Morgan fingerprint density at radius 2 is 2.20 bits per heavy atom. The van der Waals surface area contributed by atoms with E-state index in [-0.39, 0.29) is 5.56 Å². The summed E-state index contributed by atoms with van der Waals surface area (Å²) in [5.74, 6) is -0.651. The Morgan fingerprint density at radius 3 is 2.67 bits per heavy atom. The van der Waals surface area contributed by atoms with Gasteiger partial charge in [-0.15, -0.1) is 0 Å². The van der Waals surface area contributed by atoms with Crippen LogP contribution in [-0.2, 0) is 0 Å². The predicted octanol–water partition coefficient (Wildman–Crippen LogP) is 3.30. The Morgan fingerprint density at radius 1 is 1.53 bits per heavy atom. The molecule has 0 unspecified atom stereocenters. The molecule has 1 aromatic rings. The largest absolute Gasteiger partial charge is 0.493 e. The average Bonchev–Trinajstić information content (AvgIpc) is 2.20. The SMILES string of the molecule is CCOc1ccc(C(=O)C(F)F)cc1Br. The van der Waals surface area contributed by atoms with Crippen LogP contribution in [0.25, 0.3) is 0 Å². The van der Waals surface area contributed by atoms with E-state index in [0.717, 1.165) is 0 Å². The molecular weight excluding hydrogens is 270 g/mol. The Kier molecular flexibility index (Phi) is 4.20. The van der Waals surface area contributed by atoms with E-state index in [1.165, 1.54) is 18.2 Å². The highest BCUT2D eigenvalue weighted by molar-refractivity contribution is 9.10. The molecule has 0 aliphatic heterocycles. The molecule has 0 N–H and O–H groups in total. The van der Waals surface area contributed by atoms with Gasteiger partial charge in [0.15, 0.2) is 0 Å². The summed E-state index contributed by atoms with van der Waals surface area (Å²) in [6.45, 7) is 2.28. The standard InChI is InChI=1S/C10H9BrF2O2/c1-2-15-8-4-3-6(5-7(8)11)9(14)10(12)13/h3-5,10H,2H2,1H3. The first-order valence-corrected chi connectivity index (χ1v) is 5.10. The average molecular weight is 279 g/mol. The second-order valence-corrected chi connectivity index (χ2v) is 3.60. The Balaban J connectivity index is 2.96. The lowest BCUT2D eigenvalue weighted by atomic mass is 10.1. The molecule has 0 heterocycles. The number of carbonyl (C=O) groups is 1. The van der Waals surface area contributed by atoms with E-state index in [1.807, 2.05) is 6.92 Å². The minimum Gasteiger partial charge on any atom is -0.493 e. The molecule has 0 radical (unpaired) electrons. The molecule has 0 bridgehead atoms. The number of rotatable bonds is 4. The van der Waals surface area contributed by atoms with Crippen LogP contribution in [0.3, 0.4) is 0 Å². The molecule has 0 saturated heterocycles. The topological polar surface area (TPSA) is 26.3 Å². The highest BCUT2D eigenvalue weighted by Crippen LogP contribution is 2.26. The minimum atomic E-state index is -2.98. The van der Waals surface area contributed by atoms with E-state index < -0.39 is 12.2 Å². The smallest absolute Gasteiger partial charge is 0.300 e. The number of ether oxygens (including phenoxy) is 1. The van der Waals surface area contributed by atoms with Crippen LogP contribution < -0.4 is 4.74 Å². The molecule has 0 spiro atoms. The van der Waals surface area contributed by atoms with E-state index in [2.05, 4.69) is 15.9 Å². The molecule has 5 heteroatoms. The third-order valence-electron chi connectivity index (χ3n) is 1.71. The highest BCUT2D eigenvalue weighted by atomic mass is 79.9. The Bertz CT molecular complexity index is 366. The van der Waals surface area contributed by atoms with Crippen LogP contribution in [0.5, 0.6) is 5.75 Å². The first kappa shape index (κ1) is 12.1. The Labute approximate surface area is 94.4 Å². The number of hydrogen-bond acceptors (Lipinski definition) is 2. The van der Waals surface area contributed by atoms with E-state index in [4.69, 9.17) is 4.74 Å². The molecule has 1 aromatic carbocycles. The van der Waals surface area contributed by atoms with Crippen molar-refractivity contribution in [1.82, 2.24) is 0 Å². The van der Waals surface area contributed by atoms with Gasteiger partial charge in [-0.3, -0.25) is 4.79 Å². The molecule has 0 atom stereocenters. The van der Waals surface area contributed by atoms with Gasteiger partial charge in [-0.05, 0) is 41.1 Å². The van der Waals surface area contributed by atoms with Crippen molar-refractivity contribution in [2.24, 2.45) is 0 Å². The molecule has 0 fully saturated rings. The third kappa shape index (κ3) is 2.99. The molecular formula is C10H9BrF2O2. The van der Waals surface area contributed by atoms with Gasteiger partial charge < -0.3 is 4.74 Å². The van der Waals surface area contributed by atoms with Crippen LogP contribution in [0, 0.1) is 0 Å². The summed E-state index contributed by atoms with van der Waals surface area (Å²) in [6.07, 6.45) is -2.98. The second kappa shape index (κ2) is 5.21. The van der Waals surface area contributed by atoms with Gasteiger partial charge in [0.05, 0.1) is 11.1 Å². The fourth-order valence-corrected chi connectivity index (χ4v) is 1.55. The first-order valence-electron chi connectivity index (χ1n) is 4.31. The molecule has 2 nitrogen and oxygen atoms in total. The van der Waals surface area contributed by atoms with Gasteiger partial charge in [-0.25, -0.2) is 8.78 Å². The lowest BCUT2D eigenvalue weighted by molar-refractivity contribution is 0.0678. The lowest BCUT2D eigenvalue weighted by Crippen LogP contribution is -2.10. The third-order valence-corrected chi connectivity index (χ3v) is 2.33. The number of alkyl halides is 2. The molecule has 0 aliphatic rings. The van der Waals surface area contributed by atoms with E-state index in [1.54, 1.807) is 0 Å². The maximum Gasteiger partial charge on any atom is 0.300 e. The maximum absolute atomic E-state index is 12.1. The molecule has 15 heavy (non-hydrogen) atoms. The summed E-state index contributed by atoms with van der Waals surface area (Å²) in [5.41, 5.74) is -0.0275. The molecule has 82 valence electrons. The van der Waals surface area contributed by atoms with Crippen molar-refractivity contribution in [2.45, 2.75) is 13.3 Å². The maximum atomic E-state index is 12.1. The van der Waals surface area contributed by atoms with Crippen LogP contribution in [0.1, 0.15) is 17.3 Å². The van der Waals surface area contributed by atoms with Gasteiger partial charge in [-0.2, -0.15) is 0 Å². The molecule has 1 rings (SSSR count). The predicted molar refractivity (Wildman–Crippen MR) is 55.6 cm³/mol. The monoisotopic (exact) mass is 278 g/mol. The number of ketones is 1. The zero-order valence-corrected chi connectivity index (χ0v) is 9.55. The molecule has 0 amide bonds. The molecule has 0 aliphatic carbocycles. The summed E-state index contributed by atoms with van der Waals surface area (Å²) in [7, 11) is 0. The van der Waals surface area contributed by atoms with Gasteiger partial charge >= 0.3 is 6.43 Å². The van der Waals surface area contributed by atoms with Crippen LogP contribution >= 0.6 is 15.9 Å². The van der Waals surface area contributed by atoms with Crippen LogP contribution in [0.2, 0.25) is 0 Å². The normalized spacial score (nSPS) is 10.5. The van der Waals surface area contributed by atoms with E-state index >= 15 is 0 Å². The summed E-state index contributed by atoms with van der Waals surface area (Å²) in [6, 6.07) is 4.15. The Hall–Kier alpha value is -0.970. The first-order chi connectivity index (χ1) is 7.06. The number of benzene rings is 1. The summed E-state index contributed by atoms with van der Waals surface area (Å²) in [5, 5.41) is 0. The fraction of sp³-hybridized carbons (Fsp3) is 0.300. The zero-order valence-electron chi connectivity index (χ0n) is 7.97. The quantitative estimate of drug-likeness (QED) is 0.790. The van der Waals surface area contributed by atoms with Crippen molar-refractivity contribution in [1.29, 1.82) is 0 Å². The van der Waals surface area contributed by atoms with Crippen LogP contribution in [-0.4, -0.2) is 18.8 Å². The van der Waals surface area contributed by atoms with Gasteiger partial charge in [0.25, 0.3) is 0 Å². The van der Waals surface area contributed by atoms with Crippen molar-refractivity contribution in [3.63, 3.8) is 0 Å². The van der Waals surface area contributed by atoms with Crippen molar-refractivity contribution < 1.29 is 18.3 Å². The zero-order chi connectivity index (χ0) is 11.4. The van der Waals surface area contributed by atoms with Gasteiger partial charge in [0, 0.05) is 5.56 Å². The van der Waals surface area contributed by atoms with Gasteiger partial charge in [-0.1, -0.05) is 0 Å². The van der Waals surface area contributed by atoms with Gasteiger partial charge in [0.1, 0.15) is 5.75 Å². The van der Waals surface area contributed by atoms with Crippen molar-refractivity contribution in [3.8, 4) is 5.75 Å². The van der Waals surface area contributed by atoms with Gasteiger partial charge in [0.2, 0.25) is 5.78 Å². The van der Waals surface area contributed by atoms with E-state index in [0.29, 0.717) is 16.8 Å². The lowest BCUT2D eigenvalue weighted by Gasteiger charge is -2.07. The summed E-state index contributed by atoms with van der Waals surface area (Å²) in [4.78, 5) is 11.0. The molecule has 0 saturated carbocycles. The van der Waals surface area contributed by atoms with Crippen molar-refractivity contribution in [2.75, 3.05) is 6.61 Å². The fourth-order valence-electron chi connectivity index (χ4n) is 1.05. The van der Waals surface area contributed by atoms with E-state index in [9.17, 15) is 13.6 Å². The second-order valence-electron chi connectivity index (χ2n) is 2.74.